The Labute approximate surface area is 116 Å². The Kier molecular flexibility index (Phi) is 3.14. The zero-order valence-electron chi connectivity index (χ0n) is 11.2. The second-order valence-electron chi connectivity index (χ2n) is 4.69. The molecule has 0 radical (unpaired) electrons. The fraction of sp³-hybridized carbons (Fsp3) is 0.286. The smallest absolute Gasteiger partial charge is 0.196 e. The van der Waals surface area contributed by atoms with E-state index in [0.717, 1.165) is 17.8 Å². The lowest BCUT2D eigenvalue weighted by Crippen LogP contribution is -2.36. The van der Waals surface area contributed by atoms with E-state index in [4.69, 9.17) is 5.73 Å². The number of aliphatic imine (C=N–C) groups is 1. The third-order valence-corrected chi connectivity index (χ3v) is 3.45. The zero-order chi connectivity index (χ0) is 14.1. The van der Waals surface area contributed by atoms with Crippen LogP contribution in [0.1, 0.15) is 18.5 Å². The van der Waals surface area contributed by atoms with E-state index in [1.54, 1.807) is 12.1 Å². The van der Waals surface area contributed by atoms with Crippen molar-refractivity contribution >= 4 is 11.6 Å². The van der Waals surface area contributed by atoms with Crippen molar-refractivity contribution in [3.63, 3.8) is 0 Å². The normalized spacial score (nSPS) is 18.4. The van der Waals surface area contributed by atoms with Gasteiger partial charge in [-0.15, -0.1) is 0 Å². The molecule has 0 bridgehead atoms. The number of benzene rings is 1. The molecule has 0 amide bonds. The van der Waals surface area contributed by atoms with Gasteiger partial charge in [0.2, 0.25) is 0 Å². The molecule has 0 spiro atoms. The maximum absolute atomic E-state index is 13.0. The molecule has 0 saturated heterocycles. The summed E-state index contributed by atoms with van der Waals surface area (Å²) in [6.45, 7) is 3.44. The van der Waals surface area contributed by atoms with Crippen molar-refractivity contribution in [1.82, 2.24) is 9.78 Å². The van der Waals surface area contributed by atoms with Gasteiger partial charge >= 0.3 is 0 Å². The second kappa shape index (κ2) is 4.96. The Morgan fingerprint density at radius 2 is 2.10 bits per heavy atom. The van der Waals surface area contributed by atoms with Crippen LogP contribution in [0.5, 0.6) is 0 Å². The first kappa shape index (κ1) is 12.7. The minimum absolute atomic E-state index is 0.0146. The molecule has 1 aromatic carbocycles. The number of nitrogens with two attached hydrogens (primary N) is 1. The lowest BCUT2D eigenvalue weighted by Gasteiger charge is -2.25. The van der Waals surface area contributed by atoms with Crippen molar-refractivity contribution in [2.75, 3.05) is 11.4 Å². The number of hydrogen-bond donors (Lipinski definition) is 1. The van der Waals surface area contributed by atoms with Crippen LogP contribution >= 0.6 is 0 Å². The number of anilines is 1. The fourth-order valence-electron chi connectivity index (χ4n) is 2.39. The highest BCUT2D eigenvalue weighted by atomic mass is 19.1. The van der Waals surface area contributed by atoms with Crippen LogP contribution in [-0.4, -0.2) is 22.3 Å². The minimum atomic E-state index is -0.265. The van der Waals surface area contributed by atoms with E-state index in [9.17, 15) is 4.39 Å². The molecule has 6 heteroatoms. The van der Waals surface area contributed by atoms with Gasteiger partial charge in [-0.2, -0.15) is 5.10 Å². The van der Waals surface area contributed by atoms with E-state index in [1.807, 2.05) is 28.9 Å². The van der Waals surface area contributed by atoms with Gasteiger partial charge in [-0.3, -0.25) is 9.67 Å². The van der Waals surface area contributed by atoms with Gasteiger partial charge in [-0.25, -0.2) is 4.39 Å². The van der Waals surface area contributed by atoms with Gasteiger partial charge in [0.25, 0.3) is 0 Å². The van der Waals surface area contributed by atoms with Crippen LogP contribution in [0.3, 0.4) is 0 Å². The van der Waals surface area contributed by atoms with Gasteiger partial charge in [0.05, 0.1) is 18.8 Å². The minimum Gasteiger partial charge on any atom is -0.369 e. The van der Waals surface area contributed by atoms with Crippen molar-refractivity contribution < 1.29 is 4.39 Å². The molecule has 5 nitrogen and oxygen atoms in total. The standard InChI is InChI=1S/C14H16FN5/c1-2-19-9-10(7-18-19)13-8-17-14(16)20(13)12-5-3-11(15)4-6-12/h3-7,9,13H,2,8H2,1H3,(H2,16,17). The molecule has 2 N–H and O–H groups in total. The Hall–Kier alpha value is -2.37. The first-order valence-electron chi connectivity index (χ1n) is 6.56. The van der Waals surface area contributed by atoms with Crippen molar-refractivity contribution in [2.24, 2.45) is 10.7 Å². The second-order valence-corrected chi connectivity index (χ2v) is 4.69. The summed E-state index contributed by atoms with van der Waals surface area (Å²) in [6, 6.07) is 6.28. The Bertz CT molecular complexity index is 631. The van der Waals surface area contributed by atoms with Crippen molar-refractivity contribution in [2.45, 2.75) is 19.5 Å². The van der Waals surface area contributed by atoms with Gasteiger partial charge in [0.15, 0.2) is 5.96 Å². The third kappa shape index (κ3) is 2.13. The molecule has 1 aliphatic rings. The molecule has 1 aliphatic heterocycles. The maximum atomic E-state index is 13.0. The molecule has 0 saturated carbocycles. The summed E-state index contributed by atoms with van der Waals surface area (Å²) in [5.74, 6) is 0.185. The Balaban J connectivity index is 1.93. The molecule has 3 rings (SSSR count). The van der Waals surface area contributed by atoms with Gasteiger partial charge in [-0.05, 0) is 31.2 Å². The van der Waals surface area contributed by atoms with Crippen molar-refractivity contribution in [3.8, 4) is 0 Å². The van der Waals surface area contributed by atoms with Crippen LogP contribution in [0.15, 0.2) is 41.7 Å². The van der Waals surface area contributed by atoms with Gasteiger partial charge < -0.3 is 10.6 Å². The highest BCUT2D eigenvalue weighted by molar-refractivity contribution is 5.97. The van der Waals surface area contributed by atoms with Crippen LogP contribution in [0.4, 0.5) is 10.1 Å². The van der Waals surface area contributed by atoms with E-state index in [2.05, 4.69) is 10.1 Å². The summed E-state index contributed by atoms with van der Waals surface area (Å²) in [7, 11) is 0. The maximum Gasteiger partial charge on any atom is 0.196 e. The first-order chi connectivity index (χ1) is 9.69. The molecule has 0 aliphatic carbocycles. The number of aromatic nitrogens is 2. The summed E-state index contributed by atoms with van der Waals surface area (Å²) in [5, 5.41) is 4.28. The molecule has 1 atom stereocenters. The fourth-order valence-corrected chi connectivity index (χ4v) is 2.39. The molecule has 20 heavy (non-hydrogen) atoms. The summed E-state index contributed by atoms with van der Waals surface area (Å²) in [5.41, 5.74) is 7.86. The number of hydrogen-bond acceptors (Lipinski definition) is 4. The lowest BCUT2D eigenvalue weighted by molar-refractivity contribution is 0.627. The highest BCUT2D eigenvalue weighted by Gasteiger charge is 2.29. The van der Waals surface area contributed by atoms with E-state index < -0.39 is 0 Å². The topological polar surface area (TPSA) is 59.4 Å². The summed E-state index contributed by atoms with van der Waals surface area (Å²) >= 11 is 0. The van der Waals surface area contributed by atoms with Crippen LogP contribution in [0, 0.1) is 5.82 Å². The van der Waals surface area contributed by atoms with E-state index >= 15 is 0 Å². The number of rotatable bonds is 3. The van der Waals surface area contributed by atoms with E-state index in [1.165, 1.54) is 12.1 Å². The van der Waals surface area contributed by atoms with Gasteiger partial charge in [0, 0.05) is 24.0 Å². The molecule has 1 aromatic heterocycles. The average Bonchev–Trinajstić information content (AvgIpc) is 3.06. The quantitative estimate of drug-likeness (QED) is 0.929. The first-order valence-corrected chi connectivity index (χ1v) is 6.56. The molecule has 2 heterocycles. The largest absolute Gasteiger partial charge is 0.369 e. The molecular weight excluding hydrogens is 257 g/mol. The molecular formula is C14H16FN5. The number of guanidine groups is 1. The highest BCUT2D eigenvalue weighted by Crippen LogP contribution is 2.30. The monoisotopic (exact) mass is 273 g/mol. The van der Waals surface area contributed by atoms with E-state index in [-0.39, 0.29) is 11.9 Å². The Morgan fingerprint density at radius 1 is 1.35 bits per heavy atom. The number of halogens is 1. The third-order valence-electron chi connectivity index (χ3n) is 3.45. The summed E-state index contributed by atoms with van der Waals surface area (Å²) in [4.78, 5) is 6.21. The van der Waals surface area contributed by atoms with Crippen LogP contribution in [-0.2, 0) is 6.54 Å². The number of aryl methyl sites for hydroxylation is 1. The van der Waals surface area contributed by atoms with Crippen LogP contribution in [0.25, 0.3) is 0 Å². The van der Waals surface area contributed by atoms with Crippen LogP contribution in [0.2, 0.25) is 0 Å². The van der Waals surface area contributed by atoms with Crippen molar-refractivity contribution in [1.29, 1.82) is 0 Å². The summed E-state index contributed by atoms with van der Waals surface area (Å²) < 4.78 is 14.9. The Morgan fingerprint density at radius 3 is 2.75 bits per heavy atom. The molecule has 104 valence electrons. The van der Waals surface area contributed by atoms with Crippen molar-refractivity contribution in [3.05, 3.63) is 48.0 Å². The van der Waals surface area contributed by atoms with E-state index in [0.29, 0.717) is 12.5 Å². The number of nitrogens with zero attached hydrogens (tertiary/aromatic N) is 4. The molecule has 1 unspecified atom stereocenters. The lowest BCUT2D eigenvalue weighted by atomic mass is 10.1. The predicted octanol–water partition coefficient (Wildman–Crippen LogP) is 1.92. The predicted molar refractivity (Wildman–Crippen MR) is 76.0 cm³/mol. The van der Waals surface area contributed by atoms with Crippen LogP contribution < -0.4 is 10.6 Å². The SMILES string of the molecule is CCn1cc(C2CN=C(N)N2c2ccc(F)cc2)cn1. The average molecular weight is 273 g/mol. The molecule has 2 aromatic rings. The molecule has 0 fully saturated rings. The van der Waals surface area contributed by atoms with Gasteiger partial charge in [0.1, 0.15) is 5.82 Å². The zero-order valence-corrected chi connectivity index (χ0v) is 11.2. The van der Waals surface area contributed by atoms with Gasteiger partial charge in [-0.1, -0.05) is 0 Å². The summed E-state index contributed by atoms with van der Waals surface area (Å²) in [6.07, 6.45) is 3.83.